The third kappa shape index (κ3) is 1.42. The smallest absolute Gasteiger partial charge is 0.276 e. The molecule has 0 aromatic rings. The molecule has 4 N–H and O–H groups in total. The van der Waals surface area contributed by atoms with Gasteiger partial charge in [-0.15, -0.1) is 0 Å². The Morgan fingerprint density at radius 2 is 2.10 bits per heavy atom. The van der Waals surface area contributed by atoms with Crippen LogP contribution in [-0.2, 0) is 0 Å². The third-order valence-corrected chi connectivity index (χ3v) is 1.68. The molecule has 0 amide bonds. The number of nitrogens with zero attached hydrogens (tertiary/aromatic N) is 1. The van der Waals surface area contributed by atoms with Crippen LogP contribution in [0.3, 0.4) is 0 Å². The van der Waals surface area contributed by atoms with Gasteiger partial charge in [-0.05, 0) is 6.42 Å². The Hall–Kier alpha value is -0.260. The molecule has 1 aliphatic rings. The zero-order valence-electron chi connectivity index (χ0n) is 5.56. The highest BCUT2D eigenvalue weighted by molar-refractivity contribution is 4.87. The lowest BCUT2D eigenvalue weighted by atomic mass is 10.0. The van der Waals surface area contributed by atoms with Crippen LogP contribution < -0.4 is 11.6 Å². The summed E-state index contributed by atoms with van der Waals surface area (Å²) < 4.78 is 25.2. The van der Waals surface area contributed by atoms with E-state index in [4.69, 9.17) is 11.6 Å². The predicted octanol–water partition coefficient (Wildman–Crippen LogP) is -0.472. The van der Waals surface area contributed by atoms with Gasteiger partial charge in [-0.1, -0.05) is 0 Å². The van der Waals surface area contributed by atoms with E-state index in [0.29, 0.717) is 6.54 Å². The first kappa shape index (κ1) is 7.84. The minimum Gasteiger partial charge on any atom is -0.323 e. The van der Waals surface area contributed by atoms with E-state index in [1.165, 1.54) is 0 Å². The number of hydrazine groups is 1. The van der Waals surface area contributed by atoms with E-state index in [0.717, 1.165) is 5.01 Å². The maximum Gasteiger partial charge on any atom is 0.276 e. The molecule has 60 valence electrons. The van der Waals surface area contributed by atoms with Crippen molar-refractivity contribution >= 4 is 0 Å². The lowest BCUT2D eigenvalue weighted by molar-refractivity contribution is -0.0800. The maximum atomic E-state index is 12.6. The summed E-state index contributed by atoms with van der Waals surface area (Å²) in [6.07, 6.45) is 0.267. The molecule has 0 radical (unpaired) electrons. The van der Waals surface area contributed by atoms with Gasteiger partial charge in [0.05, 0.1) is 12.6 Å². The molecule has 1 atom stereocenters. The van der Waals surface area contributed by atoms with Crippen molar-refractivity contribution in [1.29, 1.82) is 0 Å². The predicted molar refractivity (Wildman–Crippen MR) is 33.3 cm³/mol. The SMILES string of the molecule is NC1CCN(N)CC1(F)F. The molecule has 1 fully saturated rings. The minimum absolute atomic E-state index is 0.267. The molecule has 1 heterocycles. The Labute approximate surface area is 57.9 Å². The van der Waals surface area contributed by atoms with Crippen molar-refractivity contribution in [3.8, 4) is 0 Å². The second kappa shape index (κ2) is 2.41. The number of nitrogens with two attached hydrogens (primary N) is 2. The summed E-state index contributed by atoms with van der Waals surface area (Å²) in [5, 5.41) is 1.10. The average Bonchev–Trinajstić information content (AvgIpc) is 1.78. The van der Waals surface area contributed by atoms with Crippen LogP contribution in [0.25, 0.3) is 0 Å². The summed E-state index contributed by atoms with van der Waals surface area (Å²) in [7, 11) is 0. The highest BCUT2D eigenvalue weighted by atomic mass is 19.3. The van der Waals surface area contributed by atoms with Gasteiger partial charge in [0.25, 0.3) is 5.92 Å². The molecule has 10 heavy (non-hydrogen) atoms. The fourth-order valence-electron chi connectivity index (χ4n) is 0.983. The van der Waals surface area contributed by atoms with Gasteiger partial charge in [-0.2, -0.15) is 0 Å². The first-order valence-electron chi connectivity index (χ1n) is 3.15. The molecule has 1 unspecified atom stereocenters. The molecule has 1 rings (SSSR count). The van der Waals surface area contributed by atoms with Gasteiger partial charge in [-0.25, -0.2) is 13.8 Å². The molecule has 0 aliphatic carbocycles. The quantitative estimate of drug-likeness (QED) is 0.460. The Balaban J connectivity index is 2.55. The molecule has 5 heteroatoms. The topological polar surface area (TPSA) is 55.3 Å². The number of halogens is 2. The first-order valence-corrected chi connectivity index (χ1v) is 3.15. The lowest BCUT2D eigenvalue weighted by Gasteiger charge is -2.33. The van der Waals surface area contributed by atoms with Crippen LogP contribution in [0.2, 0.25) is 0 Å². The van der Waals surface area contributed by atoms with Gasteiger partial charge in [0.2, 0.25) is 0 Å². The van der Waals surface area contributed by atoms with Crippen molar-refractivity contribution in [3.63, 3.8) is 0 Å². The molecule has 0 aromatic heterocycles. The van der Waals surface area contributed by atoms with Gasteiger partial charge in [-0.3, -0.25) is 5.84 Å². The van der Waals surface area contributed by atoms with E-state index in [2.05, 4.69) is 0 Å². The molecular formula is C5H11F2N3. The Bertz CT molecular complexity index is 128. The van der Waals surface area contributed by atoms with Crippen molar-refractivity contribution in [2.75, 3.05) is 13.1 Å². The Kier molecular flexibility index (Phi) is 1.89. The van der Waals surface area contributed by atoms with Crippen LogP contribution in [0.5, 0.6) is 0 Å². The van der Waals surface area contributed by atoms with Crippen LogP contribution >= 0.6 is 0 Å². The Morgan fingerprint density at radius 1 is 1.50 bits per heavy atom. The monoisotopic (exact) mass is 151 g/mol. The summed E-state index contributed by atoms with van der Waals surface area (Å²) in [6.45, 7) is 0.0327. The molecular weight excluding hydrogens is 140 g/mol. The number of hydrogen-bond donors (Lipinski definition) is 2. The molecule has 1 aliphatic heterocycles. The molecule has 3 nitrogen and oxygen atoms in total. The van der Waals surface area contributed by atoms with Gasteiger partial charge >= 0.3 is 0 Å². The molecule has 0 saturated carbocycles. The van der Waals surface area contributed by atoms with Gasteiger partial charge in [0.1, 0.15) is 0 Å². The summed E-state index contributed by atoms with van der Waals surface area (Å²) in [5.41, 5.74) is 5.14. The number of piperidine rings is 1. The highest BCUT2D eigenvalue weighted by Gasteiger charge is 2.41. The lowest BCUT2D eigenvalue weighted by Crippen LogP contribution is -2.57. The van der Waals surface area contributed by atoms with Crippen molar-refractivity contribution < 1.29 is 8.78 Å². The first-order chi connectivity index (χ1) is 4.52. The fraction of sp³-hybridized carbons (Fsp3) is 1.00. The van der Waals surface area contributed by atoms with Crippen molar-refractivity contribution in [2.24, 2.45) is 11.6 Å². The number of rotatable bonds is 0. The highest BCUT2D eigenvalue weighted by Crippen LogP contribution is 2.23. The Morgan fingerprint density at radius 3 is 2.50 bits per heavy atom. The van der Waals surface area contributed by atoms with E-state index in [1.807, 2.05) is 0 Å². The van der Waals surface area contributed by atoms with Crippen molar-refractivity contribution in [1.82, 2.24) is 5.01 Å². The molecule has 0 aromatic carbocycles. The van der Waals surface area contributed by atoms with Crippen LogP contribution in [0, 0.1) is 0 Å². The minimum atomic E-state index is -2.81. The largest absolute Gasteiger partial charge is 0.323 e. The molecule has 0 bridgehead atoms. The van der Waals surface area contributed by atoms with Crippen LogP contribution in [-0.4, -0.2) is 30.1 Å². The summed E-state index contributed by atoms with van der Waals surface area (Å²) in [6, 6.07) is -1.02. The van der Waals surface area contributed by atoms with E-state index in [9.17, 15) is 8.78 Å². The van der Waals surface area contributed by atoms with E-state index in [1.54, 1.807) is 0 Å². The van der Waals surface area contributed by atoms with Crippen molar-refractivity contribution in [3.05, 3.63) is 0 Å². The van der Waals surface area contributed by atoms with E-state index >= 15 is 0 Å². The average molecular weight is 151 g/mol. The molecule has 1 saturated heterocycles. The van der Waals surface area contributed by atoms with Gasteiger partial charge < -0.3 is 5.73 Å². The second-order valence-electron chi connectivity index (χ2n) is 2.63. The van der Waals surface area contributed by atoms with E-state index < -0.39 is 18.5 Å². The number of hydrogen-bond acceptors (Lipinski definition) is 3. The van der Waals surface area contributed by atoms with Gasteiger partial charge in [0, 0.05) is 6.54 Å². The van der Waals surface area contributed by atoms with Crippen LogP contribution in [0.15, 0.2) is 0 Å². The normalized spacial score (nSPS) is 34.2. The molecule has 0 spiro atoms. The van der Waals surface area contributed by atoms with Gasteiger partial charge in [0.15, 0.2) is 0 Å². The zero-order valence-corrected chi connectivity index (χ0v) is 5.56. The summed E-state index contributed by atoms with van der Waals surface area (Å²) >= 11 is 0. The summed E-state index contributed by atoms with van der Waals surface area (Å²) in [5.74, 6) is 2.36. The van der Waals surface area contributed by atoms with E-state index in [-0.39, 0.29) is 6.42 Å². The zero-order chi connectivity index (χ0) is 7.78. The standard InChI is InChI=1S/C5H11F2N3/c6-5(7)3-10(9)2-1-4(5)8/h4H,1-3,8-9H2. The number of alkyl halides is 2. The second-order valence-corrected chi connectivity index (χ2v) is 2.63. The maximum absolute atomic E-state index is 12.6. The van der Waals surface area contributed by atoms with Crippen molar-refractivity contribution in [2.45, 2.75) is 18.4 Å². The van der Waals surface area contributed by atoms with Crippen LogP contribution in [0.4, 0.5) is 8.78 Å². The fourth-order valence-corrected chi connectivity index (χ4v) is 0.983. The van der Waals surface area contributed by atoms with Crippen LogP contribution in [0.1, 0.15) is 6.42 Å². The third-order valence-electron chi connectivity index (χ3n) is 1.68. The summed E-state index contributed by atoms with van der Waals surface area (Å²) in [4.78, 5) is 0.